The second kappa shape index (κ2) is 8.17. The van der Waals surface area contributed by atoms with Crippen LogP contribution in [0.15, 0.2) is 54.6 Å². The highest BCUT2D eigenvalue weighted by atomic mass is 35.5. The SMILES string of the molecule is COC(=O)C(=O)C=C(O)c1cc(Cl)ccc1OCc1ccccc1. The van der Waals surface area contributed by atoms with Crippen LogP contribution in [-0.4, -0.2) is 24.0 Å². The van der Waals surface area contributed by atoms with Gasteiger partial charge in [-0.3, -0.25) is 4.79 Å². The van der Waals surface area contributed by atoms with Crippen molar-refractivity contribution in [1.29, 1.82) is 0 Å². The first-order valence-corrected chi connectivity index (χ1v) is 7.38. The Kier molecular flexibility index (Phi) is 5.98. The minimum atomic E-state index is -1.07. The molecule has 5 nitrogen and oxygen atoms in total. The van der Waals surface area contributed by atoms with E-state index in [0.29, 0.717) is 10.8 Å². The summed E-state index contributed by atoms with van der Waals surface area (Å²) in [6, 6.07) is 14.1. The number of methoxy groups -OCH3 is 1. The number of aliphatic hydroxyl groups is 1. The van der Waals surface area contributed by atoms with E-state index in [9.17, 15) is 14.7 Å². The molecule has 0 fully saturated rings. The van der Waals surface area contributed by atoms with Crippen LogP contribution < -0.4 is 4.74 Å². The van der Waals surface area contributed by atoms with Gasteiger partial charge in [-0.15, -0.1) is 0 Å². The first-order chi connectivity index (χ1) is 11.5. The van der Waals surface area contributed by atoms with E-state index in [1.807, 2.05) is 30.3 Å². The van der Waals surface area contributed by atoms with Crippen molar-refractivity contribution < 1.29 is 24.2 Å². The molecule has 2 aromatic carbocycles. The van der Waals surface area contributed by atoms with Gasteiger partial charge in [0, 0.05) is 11.1 Å². The molecule has 0 heterocycles. The molecule has 0 saturated heterocycles. The third-order valence-electron chi connectivity index (χ3n) is 3.11. The normalized spacial score (nSPS) is 11.0. The molecule has 124 valence electrons. The summed E-state index contributed by atoms with van der Waals surface area (Å²) < 4.78 is 9.99. The summed E-state index contributed by atoms with van der Waals surface area (Å²) >= 11 is 5.93. The highest BCUT2D eigenvalue weighted by Gasteiger charge is 2.16. The number of carbonyl (C=O) groups excluding carboxylic acids is 2. The molecule has 0 aliphatic rings. The van der Waals surface area contributed by atoms with Crippen molar-refractivity contribution in [2.24, 2.45) is 0 Å². The Hall–Kier alpha value is -2.79. The van der Waals surface area contributed by atoms with Crippen LogP contribution in [0, 0.1) is 0 Å². The van der Waals surface area contributed by atoms with Crippen molar-refractivity contribution in [3.63, 3.8) is 0 Å². The van der Waals surface area contributed by atoms with Gasteiger partial charge in [0.2, 0.25) is 0 Å². The zero-order valence-corrected chi connectivity index (χ0v) is 13.6. The van der Waals surface area contributed by atoms with Crippen LogP contribution in [0.2, 0.25) is 5.02 Å². The summed E-state index contributed by atoms with van der Waals surface area (Å²) in [5.74, 6) is -2.16. The van der Waals surface area contributed by atoms with Crippen LogP contribution in [0.4, 0.5) is 0 Å². The Morgan fingerprint density at radius 3 is 2.54 bits per heavy atom. The fourth-order valence-electron chi connectivity index (χ4n) is 1.93. The summed E-state index contributed by atoms with van der Waals surface area (Å²) in [5, 5.41) is 10.5. The number of ether oxygens (including phenoxy) is 2. The number of carbonyl (C=O) groups is 2. The monoisotopic (exact) mass is 346 g/mol. The molecule has 0 aromatic heterocycles. The van der Waals surface area contributed by atoms with E-state index in [-0.39, 0.29) is 12.2 Å². The molecular formula is C18H15ClO5. The van der Waals surface area contributed by atoms with Gasteiger partial charge in [0.05, 0.1) is 12.7 Å². The van der Waals surface area contributed by atoms with Gasteiger partial charge in [-0.25, -0.2) is 4.79 Å². The summed E-state index contributed by atoms with van der Waals surface area (Å²) in [6.45, 7) is 0.272. The first kappa shape index (κ1) is 17.6. The standard InChI is InChI=1S/C18H15ClO5/c1-23-18(22)16(21)10-15(20)14-9-13(19)7-8-17(14)24-11-12-5-3-2-4-6-12/h2-10,20H,11H2,1H3. The average Bonchev–Trinajstić information content (AvgIpc) is 2.60. The number of rotatable bonds is 6. The topological polar surface area (TPSA) is 72.8 Å². The second-order valence-corrected chi connectivity index (χ2v) is 5.24. The van der Waals surface area contributed by atoms with E-state index < -0.39 is 17.5 Å². The molecule has 0 unspecified atom stereocenters. The average molecular weight is 347 g/mol. The molecule has 1 N–H and O–H groups in total. The molecule has 0 aliphatic carbocycles. The fourth-order valence-corrected chi connectivity index (χ4v) is 2.10. The maximum absolute atomic E-state index is 11.5. The van der Waals surface area contributed by atoms with Gasteiger partial charge in [0.25, 0.3) is 5.78 Å². The number of hydrogen-bond donors (Lipinski definition) is 1. The molecule has 2 rings (SSSR count). The van der Waals surface area contributed by atoms with Crippen molar-refractivity contribution in [3.8, 4) is 5.75 Å². The number of halogens is 1. The quantitative estimate of drug-likeness (QED) is 0.375. The lowest BCUT2D eigenvalue weighted by molar-refractivity contribution is -0.149. The van der Waals surface area contributed by atoms with Gasteiger partial charge in [-0.2, -0.15) is 0 Å². The van der Waals surface area contributed by atoms with Crippen LogP contribution in [0.3, 0.4) is 0 Å². The van der Waals surface area contributed by atoms with Gasteiger partial charge in [0.15, 0.2) is 0 Å². The van der Waals surface area contributed by atoms with Crippen LogP contribution in [0.1, 0.15) is 11.1 Å². The lowest BCUT2D eigenvalue weighted by atomic mass is 10.1. The Labute approximate surface area is 144 Å². The van der Waals surface area contributed by atoms with Crippen LogP contribution in [0.5, 0.6) is 5.75 Å². The van der Waals surface area contributed by atoms with E-state index >= 15 is 0 Å². The molecule has 0 atom stereocenters. The van der Waals surface area contributed by atoms with Crippen molar-refractivity contribution in [1.82, 2.24) is 0 Å². The molecule has 0 bridgehead atoms. The summed E-state index contributed by atoms with van der Waals surface area (Å²) in [7, 11) is 1.08. The lowest BCUT2D eigenvalue weighted by Gasteiger charge is -2.11. The van der Waals surface area contributed by atoms with Crippen LogP contribution in [-0.2, 0) is 20.9 Å². The number of esters is 1. The van der Waals surface area contributed by atoms with E-state index in [4.69, 9.17) is 16.3 Å². The predicted octanol–water partition coefficient (Wildman–Crippen LogP) is 3.56. The molecular weight excluding hydrogens is 332 g/mol. The molecule has 0 aliphatic heterocycles. The first-order valence-electron chi connectivity index (χ1n) is 7.01. The Bertz CT molecular complexity index is 768. The van der Waals surface area contributed by atoms with Crippen molar-refractivity contribution in [2.75, 3.05) is 7.11 Å². The molecule has 6 heteroatoms. The maximum atomic E-state index is 11.5. The zero-order valence-electron chi connectivity index (χ0n) is 12.9. The minimum Gasteiger partial charge on any atom is -0.507 e. The van der Waals surface area contributed by atoms with Gasteiger partial charge >= 0.3 is 5.97 Å². The predicted molar refractivity (Wildman–Crippen MR) is 89.9 cm³/mol. The maximum Gasteiger partial charge on any atom is 0.378 e. The highest BCUT2D eigenvalue weighted by molar-refractivity contribution is 6.39. The molecule has 24 heavy (non-hydrogen) atoms. The van der Waals surface area contributed by atoms with E-state index in [2.05, 4.69) is 4.74 Å². The zero-order chi connectivity index (χ0) is 17.5. The van der Waals surface area contributed by atoms with Gasteiger partial charge in [-0.1, -0.05) is 41.9 Å². The smallest absolute Gasteiger partial charge is 0.378 e. The second-order valence-electron chi connectivity index (χ2n) is 4.80. The number of ketones is 1. The van der Waals surface area contributed by atoms with Crippen LogP contribution in [0.25, 0.3) is 5.76 Å². The Balaban J connectivity index is 2.25. The third-order valence-corrected chi connectivity index (χ3v) is 3.34. The van der Waals surface area contributed by atoms with Gasteiger partial charge in [-0.05, 0) is 23.8 Å². The molecule has 0 radical (unpaired) electrons. The van der Waals surface area contributed by atoms with Crippen molar-refractivity contribution >= 4 is 29.1 Å². The lowest BCUT2D eigenvalue weighted by Crippen LogP contribution is -2.13. The summed E-state index contributed by atoms with van der Waals surface area (Å²) in [6.07, 6.45) is 0.771. The van der Waals surface area contributed by atoms with E-state index in [0.717, 1.165) is 18.7 Å². The largest absolute Gasteiger partial charge is 0.507 e. The van der Waals surface area contributed by atoms with Crippen molar-refractivity contribution in [3.05, 3.63) is 70.8 Å². The van der Waals surface area contributed by atoms with Crippen molar-refractivity contribution in [2.45, 2.75) is 6.61 Å². The fraction of sp³-hybridized carbons (Fsp3) is 0.111. The summed E-state index contributed by atoms with van der Waals surface area (Å²) in [4.78, 5) is 22.7. The van der Waals surface area contributed by atoms with Gasteiger partial charge < -0.3 is 14.6 Å². The molecule has 0 spiro atoms. The molecule has 0 amide bonds. The van der Waals surface area contributed by atoms with E-state index in [1.54, 1.807) is 12.1 Å². The summed E-state index contributed by atoms with van der Waals surface area (Å²) in [5.41, 5.74) is 1.14. The van der Waals surface area contributed by atoms with E-state index in [1.165, 1.54) is 6.07 Å². The Morgan fingerprint density at radius 2 is 1.88 bits per heavy atom. The Morgan fingerprint density at radius 1 is 1.17 bits per heavy atom. The molecule has 2 aromatic rings. The highest BCUT2D eigenvalue weighted by Crippen LogP contribution is 2.28. The number of benzene rings is 2. The van der Waals surface area contributed by atoms with Crippen LogP contribution >= 0.6 is 11.6 Å². The van der Waals surface area contributed by atoms with Gasteiger partial charge in [0.1, 0.15) is 18.1 Å². The number of aliphatic hydroxyl groups excluding tert-OH is 1. The third kappa shape index (κ3) is 4.60. The number of hydrogen-bond acceptors (Lipinski definition) is 5. The molecule has 0 saturated carbocycles. The minimum absolute atomic E-state index is 0.204.